The molecule has 0 bridgehead atoms. The summed E-state index contributed by atoms with van der Waals surface area (Å²) in [5, 5.41) is 6.26. The van der Waals surface area contributed by atoms with Crippen molar-refractivity contribution in [3.05, 3.63) is 40.9 Å². The zero-order valence-electron chi connectivity index (χ0n) is 10.2. The van der Waals surface area contributed by atoms with Gasteiger partial charge in [-0.1, -0.05) is 17.7 Å². The van der Waals surface area contributed by atoms with Gasteiger partial charge in [0.1, 0.15) is 5.75 Å². The molecule has 0 radical (unpaired) electrons. The maximum absolute atomic E-state index is 5.38. The lowest BCUT2D eigenvalue weighted by Crippen LogP contribution is -2.08. The number of rotatable bonds is 4. The maximum atomic E-state index is 5.38. The second-order valence-corrected chi connectivity index (χ2v) is 4.84. The minimum Gasteiger partial charge on any atom is -0.496 e. The van der Waals surface area contributed by atoms with Crippen LogP contribution in [0.4, 0.5) is 5.13 Å². The van der Waals surface area contributed by atoms with E-state index in [0.29, 0.717) is 0 Å². The van der Waals surface area contributed by atoms with E-state index < -0.39 is 0 Å². The van der Waals surface area contributed by atoms with Gasteiger partial charge in [0.15, 0.2) is 5.13 Å². The van der Waals surface area contributed by atoms with E-state index in [4.69, 9.17) is 4.74 Å². The van der Waals surface area contributed by atoms with E-state index in [1.165, 1.54) is 5.56 Å². The molecular weight excluding hydrogens is 232 g/mol. The van der Waals surface area contributed by atoms with Crippen LogP contribution in [-0.4, -0.2) is 12.1 Å². The maximum Gasteiger partial charge on any atom is 0.183 e. The number of ether oxygens (including phenoxy) is 1. The average Bonchev–Trinajstić information content (AvgIpc) is 2.81. The molecule has 17 heavy (non-hydrogen) atoms. The Kier molecular flexibility index (Phi) is 3.64. The predicted octanol–water partition coefficient (Wildman–Crippen LogP) is 3.63. The third-order valence-electron chi connectivity index (χ3n) is 2.62. The molecule has 1 unspecified atom stereocenters. The zero-order valence-corrected chi connectivity index (χ0v) is 11.0. The summed E-state index contributed by atoms with van der Waals surface area (Å²) < 4.78 is 5.38. The Morgan fingerprint density at radius 1 is 1.41 bits per heavy atom. The summed E-state index contributed by atoms with van der Waals surface area (Å²) in [4.78, 5) is 4.23. The van der Waals surface area contributed by atoms with Gasteiger partial charge < -0.3 is 10.1 Å². The fourth-order valence-corrected chi connectivity index (χ4v) is 2.37. The number of benzene rings is 1. The van der Waals surface area contributed by atoms with Crippen LogP contribution in [0.3, 0.4) is 0 Å². The number of methoxy groups -OCH3 is 1. The minimum atomic E-state index is 0.177. The summed E-state index contributed by atoms with van der Waals surface area (Å²) in [6.45, 7) is 4.19. The van der Waals surface area contributed by atoms with Crippen molar-refractivity contribution in [1.82, 2.24) is 4.98 Å². The molecule has 1 aromatic heterocycles. The van der Waals surface area contributed by atoms with Crippen molar-refractivity contribution in [3.8, 4) is 5.75 Å². The topological polar surface area (TPSA) is 34.1 Å². The quantitative estimate of drug-likeness (QED) is 0.897. The van der Waals surface area contributed by atoms with Crippen LogP contribution in [-0.2, 0) is 0 Å². The van der Waals surface area contributed by atoms with E-state index in [0.717, 1.165) is 16.4 Å². The standard InChI is InChI=1S/C13H16N2OS/c1-9-4-5-12(16-3)11(8-9)10(2)15-13-14-6-7-17-13/h4-8,10H,1-3H3,(H,14,15). The normalized spacial score (nSPS) is 12.2. The summed E-state index contributed by atoms with van der Waals surface area (Å²) in [6, 6.07) is 6.38. The first-order valence-corrected chi connectivity index (χ1v) is 6.39. The SMILES string of the molecule is COc1ccc(C)cc1C(C)Nc1nccs1. The highest BCUT2D eigenvalue weighted by atomic mass is 32.1. The van der Waals surface area contributed by atoms with Crippen LogP contribution in [0.2, 0.25) is 0 Å². The molecule has 4 heteroatoms. The Morgan fingerprint density at radius 2 is 2.24 bits per heavy atom. The van der Waals surface area contributed by atoms with Gasteiger partial charge in [0, 0.05) is 17.1 Å². The number of aromatic nitrogens is 1. The molecule has 3 nitrogen and oxygen atoms in total. The van der Waals surface area contributed by atoms with Gasteiger partial charge in [-0.2, -0.15) is 0 Å². The van der Waals surface area contributed by atoms with Gasteiger partial charge in [-0.25, -0.2) is 4.98 Å². The van der Waals surface area contributed by atoms with Gasteiger partial charge in [0.2, 0.25) is 0 Å². The van der Waals surface area contributed by atoms with Crippen LogP contribution < -0.4 is 10.1 Å². The smallest absolute Gasteiger partial charge is 0.183 e. The number of nitrogens with one attached hydrogen (secondary N) is 1. The molecule has 0 aliphatic rings. The Hall–Kier alpha value is -1.55. The number of hydrogen-bond acceptors (Lipinski definition) is 4. The molecule has 0 saturated heterocycles. The molecule has 0 aliphatic heterocycles. The zero-order chi connectivity index (χ0) is 12.3. The lowest BCUT2D eigenvalue weighted by molar-refractivity contribution is 0.408. The first-order chi connectivity index (χ1) is 8.20. The molecule has 0 spiro atoms. The minimum absolute atomic E-state index is 0.177. The van der Waals surface area contributed by atoms with E-state index in [2.05, 4.69) is 36.3 Å². The van der Waals surface area contributed by atoms with Crippen molar-refractivity contribution in [3.63, 3.8) is 0 Å². The van der Waals surface area contributed by atoms with Crippen molar-refractivity contribution in [2.75, 3.05) is 12.4 Å². The Bertz CT molecular complexity index is 482. The molecule has 1 N–H and O–H groups in total. The van der Waals surface area contributed by atoms with Gasteiger partial charge in [-0.3, -0.25) is 0 Å². The van der Waals surface area contributed by atoms with Gasteiger partial charge in [-0.05, 0) is 19.9 Å². The monoisotopic (exact) mass is 248 g/mol. The summed E-state index contributed by atoms with van der Waals surface area (Å²) in [7, 11) is 1.70. The van der Waals surface area contributed by atoms with Crippen molar-refractivity contribution in [2.24, 2.45) is 0 Å². The van der Waals surface area contributed by atoms with E-state index in [-0.39, 0.29) is 6.04 Å². The lowest BCUT2D eigenvalue weighted by Gasteiger charge is -2.17. The lowest BCUT2D eigenvalue weighted by atomic mass is 10.0. The van der Waals surface area contributed by atoms with Crippen molar-refractivity contribution < 1.29 is 4.74 Å². The van der Waals surface area contributed by atoms with Crippen molar-refractivity contribution >= 4 is 16.5 Å². The van der Waals surface area contributed by atoms with Gasteiger partial charge >= 0.3 is 0 Å². The Labute approximate surface area is 105 Å². The number of aryl methyl sites for hydroxylation is 1. The fraction of sp³-hybridized carbons (Fsp3) is 0.308. The van der Waals surface area contributed by atoms with Gasteiger partial charge in [-0.15, -0.1) is 11.3 Å². The number of nitrogens with zero attached hydrogens (tertiary/aromatic N) is 1. The highest BCUT2D eigenvalue weighted by Gasteiger charge is 2.12. The van der Waals surface area contributed by atoms with E-state index in [9.17, 15) is 0 Å². The Balaban J connectivity index is 2.23. The molecule has 0 aliphatic carbocycles. The van der Waals surface area contributed by atoms with Crippen LogP contribution >= 0.6 is 11.3 Å². The van der Waals surface area contributed by atoms with Crippen molar-refractivity contribution in [2.45, 2.75) is 19.9 Å². The van der Waals surface area contributed by atoms with Gasteiger partial charge in [0.25, 0.3) is 0 Å². The van der Waals surface area contributed by atoms with Crippen LogP contribution in [0.1, 0.15) is 24.1 Å². The summed E-state index contributed by atoms with van der Waals surface area (Å²) in [5.41, 5.74) is 2.39. The number of hydrogen-bond donors (Lipinski definition) is 1. The van der Waals surface area contributed by atoms with E-state index >= 15 is 0 Å². The summed E-state index contributed by atoms with van der Waals surface area (Å²) in [5.74, 6) is 0.909. The van der Waals surface area contributed by atoms with Crippen molar-refractivity contribution in [1.29, 1.82) is 0 Å². The van der Waals surface area contributed by atoms with E-state index in [1.807, 2.05) is 11.4 Å². The predicted molar refractivity (Wildman–Crippen MR) is 71.9 cm³/mol. The molecule has 0 saturated carbocycles. The third-order valence-corrected chi connectivity index (χ3v) is 3.33. The molecule has 0 fully saturated rings. The molecule has 1 atom stereocenters. The molecular formula is C13H16N2OS. The van der Waals surface area contributed by atoms with E-state index in [1.54, 1.807) is 24.6 Å². The van der Waals surface area contributed by atoms with Crippen LogP contribution in [0.25, 0.3) is 0 Å². The first kappa shape index (κ1) is 11.9. The summed E-state index contributed by atoms with van der Waals surface area (Å²) in [6.07, 6.45) is 1.80. The molecule has 0 amide bonds. The summed E-state index contributed by atoms with van der Waals surface area (Å²) >= 11 is 1.60. The largest absolute Gasteiger partial charge is 0.496 e. The highest BCUT2D eigenvalue weighted by Crippen LogP contribution is 2.29. The molecule has 2 aromatic rings. The fourth-order valence-electron chi connectivity index (χ4n) is 1.75. The van der Waals surface area contributed by atoms with Crippen LogP contribution in [0, 0.1) is 6.92 Å². The molecule has 90 valence electrons. The number of anilines is 1. The second kappa shape index (κ2) is 5.19. The Morgan fingerprint density at radius 3 is 2.88 bits per heavy atom. The first-order valence-electron chi connectivity index (χ1n) is 5.51. The van der Waals surface area contributed by atoms with Crippen LogP contribution in [0.15, 0.2) is 29.8 Å². The van der Waals surface area contributed by atoms with Gasteiger partial charge in [0.05, 0.1) is 13.2 Å². The molecule has 1 aromatic carbocycles. The number of thiazole rings is 1. The average molecular weight is 248 g/mol. The molecule has 1 heterocycles. The molecule has 2 rings (SSSR count). The van der Waals surface area contributed by atoms with Crippen LogP contribution in [0.5, 0.6) is 5.75 Å². The second-order valence-electron chi connectivity index (χ2n) is 3.95. The third kappa shape index (κ3) is 2.77. The highest BCUT2D eigenvalue weighted by molar-refractivity contribution is 7.13.